The van der Waals surface area contributed by atoms with Crippen LogP contribution in [0.15, 0.2) is 24.3 Å². The molecule has 0 saturated carbocycles. The summed E-state index contributed by atoms with van der Waals surface area (Å²) in [5.74, 6) is 0. The molecular formula is C9H7F3O. The molecule has 0 fully saturated rings. The summed E-state index contributed by atoms with van der Waals surface area (Å²) in [6.45, 7) is 0. The van der Waals surface area contributed by atoms with Crippen LogP contribution >= 0.6 is 0 Å². The Morgan fingerprint density at radius 3 is 2.54 bits per heavy atom. The highest BCUT2D eigenvalue weighted by molar-refractivity contribution is 5.74. The van der Waals surface area contributed by atoms with Crippen molar-refractivity contribution in [1.82, 2.24) is 0 Å². The SMILES string of the molecule is O=Cc1cccc(CC(F)(F)F)c1. The lowest BCUT2D eigenvalue weighted by atomic mass is 10.1. The van der Waals surface area contributed by atoms with Gasteiger partial charge in [-0.1, -0.05) is 18.2 Å². The normalized spacial score (nSPS) is 11.3. The zero-order valence-electron chi connectivity index (χ0n) is 6.64. The van der Waals surface area contributed by atoms with Gasteiger partial charge in [0.2, 0.25) is 0 Å². The van der Waals surface area contributed by atoms with Gasteiger partial charge in [0.05, 0.1) is 6.42 Å². The fraction of sp³-hybridized carbons (Fsp3) is 0.222. The number of aldehydes is 1. The molecule has 0 atom stereocenters. The van der Waals surface area contributed by atoms with E-state index in [2.05, 4.69) is 0 Å². The van der Waals surface area contributed by atoms with Gasteiger partial charge in [0.1, 0.15) is 6.29 Å². The van der Waals surface area contributed by atoms with Crippen LogP contribution in [0.2, 0.25) is 0 Å². The summed E-state index contributed by atoms with van der Waals surface area (Å²) in [5.41, 5.74) is 0.374. The van der Waals surface area contributed by atoms with E-state index in [0.717, 1.165) is 0 Å². The van der Waals surface area contributed by atoms with E-state index < -0.39 is 12.6 Å². The number of rotatable bonds is 2. The second-order valence-electron chi connectivity index (χ2n) is 2.65. The second-order valence-corrected chi connectivity index (χ2v) is 2.65. The molecule has 13 heavy (non-hydrogen) atoms. The Bertz CT molecular complexity index is 304. The molecule has 0 aliphatic carbocycles. The Labute approximate surface area is 73.2 Å². The van der Waals surface area contributed by atoms with E-state index in [1.807, 2.05) is 0 Å². The third-order valence-corrected chi connectivity index (χ3v) is 1.49. The lowest BCUT2D eigenvalue weighted by Crippen LogP contribution is -2.11. The van der Waals surface area contributed by atoms with Gasteiger partial charge in [-0.15, -0.1) is 0 Å². The Kier molecular flexibility index (Phi) is 2.70. The second kappa shape index (κ2) is 3.60. The smallest absolute Gasteiger partial charge is 0.298 e. The Hall–Kier alpha value is -1.32. The van der Waals surface area contributed by atoms with Crippen molar-refractivity contribution in [3.05, 3.63) is 35.4 Å². The zero-order valence-corrected chi connectivity index (χ0v) is 6.64. The molecule has 1 aromatic carbocycles. The van der Waals surface area contributed by atoms with Crippen LogP contribution in [-0.4, -0.2) is 12.5 Å². The third kappa shape index (κ3) is 3.27. The Morgan fingerprint density at radius 2 is 2.00 bits per heavy atom. The average Bonchev–Trinajstić information content (AvgIpc) is 2.01. The Balaban J connectivity index is 2.84. The summed E-state index contributed by atoms with van der Waals surface area (Å²) in [6, 6.07) is 5.48. The third-order valence-electron chi connectivity index (χ3n) is 1.49. The molecule has 0 spiro atoms. The molecule has 0 amide bonds. The highest BCUT2D eigenvalue weighted by atomic mass is 19.4. The predicted molar refractivity (Wildman–Crippen MR) is 41.6 cm³/mol. The lowest BCUT2D eigenvalue weighted by molar-refractivity contribution is -0.127. The first-order valence-electron chi connectivity index (χ1n) is 3.62. The predicted octanol–water partition coefficient (Wildman–Crippen LogP) is 2.60. The number of carbonyl (C=O) groups is 1. The standard InChI is InChI=1S/C9H7F3O/c10-9(11,12)5-7-2-1-3-8(4-7)6-13/h1-4,6H,5H2. The van der Waals surface area contributed by atoms with E-state index in [-0.39, 0.29) is 11.1 Å². The number of hydrogen-bond acceptors (Lipinski definition) is 1. The molecule has 0 bridgehead atoms. The van der Waals surface area contributed by atoms with Crippen LogP contribution in [0.25, 0.3) is 0 Å². The molecule has 0 unspecified atom stereocenters. The van der Waals surface area contributed by atoms with Crippen molar-refractivity contribution < 1.29 is 18.0 Å². The molecule has 0 aliphatic heterocycles. The maximum Gasteiger partial charge on any atom is 0.393 e. The van der Waals surface area contributed by atoms with Crippen molar-refractivity contribution in [2.45, 2.75) is 12.6 Å². The molecule has 1 nitrogen and oxygen atoms in total. The summed E-state index contributed by atoms with van der Waals surface area (Å²) in [4.78, 5) is 10.2. The molecule has 0 saturated heterocycles. The summed E-state index contributed by atoms with van der Waals surface area (Å²) in [5, 5.41) is 0. The molecule has 0 heterocycles. The number of benzene rings is 1. The van der Waals surface area contributed by atoms with Crippen LogP contribution in [0.5, 0.6) is 0 Å². The first-order chi connectivity index (χ1) is 6.01. The van der Waals surface area contributed by atoms with Crippen LogP contribution in [0.3, 0.4) is 0 Å². The fourth-order valence-electron chi connectivity index (χ4n) is 1.01. The van der Waals surface area contributed by atoms with Crippen molar-refractivity contribution in [3.8, 4) is 0 Å². The zero-order chi connectivity index (χ0) is 9.90. The number of halogens is 3. The molecule has 0 N–H and O–H groups in total. The van der Waals surface area contributed by atoms with Gasteiger partial charge in [-0.3, -0.25) is 4.79 Å². The van der Waals surface area contributed by atoms with E-state index in [9.17, 15) is 18.0 Å². The van der Waals surface area contributed by atoms with Crippen molar-refractivity contribution >= 4 is 6.29 Å². The van der Waals surface area contributed by atoms with Crippen molar-refractivity contribution in [2.24, 2.45) is 0 Å². The fourth-order valence-corrected chi connectivity index (χ4v) is 1.01. The molecule has 4 heteroatoms. The summed E-state index contributed by atoms with van der Waals surface area (Å²) >= 11 is 0. The molecule has 70 valence electrons. The highest BCUT2D eigenvalue weighted by Crippen LogP contribution is 2.21. The molecule has 1 aromatic rings. The van der Waals surface area contributed by atoms with Gasteiger partial charge in [-0.05, 0) is 11.6 Å². The van der Waals surface area contributed by atoms with Crippen molar-refractivity contribution in [3.63, 3.8) is 0 Å². The highest BCUT2D eigenvalue weighted by Gasteiger charge is 2.27. The summed E-state index contributed by atoms with van der Waals surface area (Å²) in [6.07, 6.45) is -4.68. The number of hydrogen-bond donors (Lipinski definition) is 0. The molecule has 0 radical (unpaired) electrons. The van der Waals surface area contributed by atoms with Crippen molar-refractivity contribution in [1.29, 1.82) is 0 Å². The number of alkyl halides is 3. The van der Waals surface area contributed by atoms with E-state index in [1.54, 1.807) is 0 Å². The van der Waals surface area contributed by atoms with Crippen molar-refractivity contribution in [2.75, 3.05) is 0 Å². The minimum atomic E-state index is -4.22. The molecule has 0 aromatic heterocycles. The van der Waals surface area contributed by atoms with Crippen LogP contribution in [0, 0.1) is 0 Å². The quantitative estimate of drug-likeness (QED) is 0.652. The molecular weight excluding hydrogens is 181 g/mol. The van der Waals surface area contributed by atoms with Gasteiger partial charge < -0.3 is 0 Å². The lowest BCUT2D eigenvalue weighted by Gasteiger charge is -2.05. The van der Waals surface area contributed by atoms with Crippen LogP contribution < -0.4 is 0 Å². The topological polar surface area (TPSA) is 17.1 Å². The van der Waals surface area contributed by atoms with E-state index in [0.29, 0.717) is 6.29 Å². The summed E-state index contributed by atoms with van der Waals surface area (Å²) < 4.78 is 35.7. The molecule has 1 rings (SSSR count). The van der Waals surface area contributed by atoms with E-state index in [1.165, 1.54) is 24.3 Å². The van der Waals surface area contributed by atoms with Gasteiger partial charge in [-0.25, -0.2) is 0 Å². The first kappa shape index (κ1) is 9.77. The van der Waals surface area contributed by atoms with Gasteiger partial charge in [0.15, 0.2) is 0 Å². The largest absolute Gasteiger partial charge is 0.393 e. The van der Waals surface area contributed by atoms with E-state index >= 15 is 0 Å². The van der Waals surface area contributed by atoms with Crippen LogP contribution in [0.1, 0.15) is 15.9 Å². The minimum absolute atomic E-state index is 0.108. The van der Waals surface area contributed by atoms with E-state index in [4.69, 9.17) is 0 Å². The Morgan fingerprint density at radius 1 is 1.31 bits per heavy atom. The van der Waals surface area contributed by atoms with Gasteiger partial charge >= 0.3 is 6.18 Å². The van der Waals surface area contributed by atoms with Gasteiger partial charge in [0.25, 0.3) is 0 Å². The van der Waals surface area contributed by atoms with Crippen LogP contribution in [0.4, 0.5) is 13.2 Å². The monoisotopic (exact) mass is 188 g/mol. The maximum atomic E-state index is 11.9. The first-order valence-corrected chi connectivity index (χ1v) is 3.62. The van der Waals surface area contributed by atoms with Gasteiger partial charge in [0, 0.05) is 5.56 Å². The molecule has 0 aliphatic rings. The van der Waals surface area contributed by atoms with Crippen LogP contribution in [-0.2, 0) is 6.42 Å². The average molecular weight is 188 g/mol. The van der Waals surface area contributed by atoms with Gasteiger partial charge in [-0.2, -0.15) is 13.2 Å². The number of carbonyl (C=O) groups excluding carboxylic acids is 1. The summed E-state index contributed by atoms with van der Waals surface area (Å²) in [7, 11) is 0. The minimum Gasteiger partial charge on any atom is -0.298 e. The maximum absolute atomic E-state index is 11.9.